The number of halogens is 1. The van der Waals surface area contributed by atoms with E-state index in [1.165, 1.54) is 17.0 Å². The van der Waals surface area contributed by atoms with Gasteiger partial charge in [0.1, 0.15) is 6.61 Å². The lowest BCUT2D eigenvalue weighted by molar-refractivity contribution is -0.118. The summed E-state index contributed by atoms with van der Waals surface area (Å²) in [6.45, 7) is 0.0127. The van der Waals surface area contributed by atoms with E-state index < -0.39 is 18.3 Å². The third-order valence-electron chi connectivity index (χ3n) is 3.89. The molecule has 140 valence electrons. The van der Waals surface area contributed by atoms with Crippen LogP contribution in [0.4, 0.5) is 10.1 Å². The average molecular weight is 371 g/mol. The number of hydrogen-bond donors (Lipinski definition) is 2. The molecule has 0 unspecified atom stereocenters. The zero-order valence-corrected chi connectivity index (χ0v) is 14.4. The van der Waals surface area contributed by atoms with Crippen molar-refractivity contribution in [2.45, 2.75) is 13.0 Å². The number of rotatable bonds is 7. The molecule has 1 aromatic heterocycles. The van der Waals surface area contributed by atoms with Gasteiger partial charge in [-0.25, -0.2) is 9.37 Å². The highest BCUT2D eigenvalue weighted by atomic mass is 19.1. The Hall–Kier alpha value is -3.26. The maximum atomic E-state index is 13.5. The number of benzene rings is 2. The largest absolute Gasteiger partial charge is 0.490 e. The summed E-state index contributed by atoms with van der Waals surface area (Å²) in [7, 11) is 0. The Morgan fingerprint density at radius 1 is 1.26 bits per heavy atom. The molecule has 0 bridgehead atoms. The normalized spacial score (nSPS) is 10.7. The van der Waals surface area contributed by atoms with Crippen LogP contribution in [-0.4, -0.2) is 33.8 Å². The number of aliphatic hydroxyl groups is 1. The smallest absolute Gasteiger partial charge is 0.261 e. The number of carbonyl (C=O) groups excluding carboxylic acids is 1. The topological polar surface area (TPSA) is 93.5 Å². The van der Waals surface area contributed by atoms with E-state index in [1.54, 1.807) is 36.4 Å². The summed E-state index contributed by atoms with van der Waals surface area (Å²) >= 11 is 0. The second kappa shape index (κ2) is 8.41. The first kappa shape index (κ1) is 18.5. The molecule has 0 spiro atoms. The number of ether oxygens (including phenoxy) is 1. The van der Waals surface area contributed by atoms with E-state index in [9.17, 15) is 14.0 Å². The molecule has 7 nitrogen and oxygen atoms in total. The van der Waals surface area contributed by atoms with Crippen LogP contribution in [0.2, 0.25) is 0 Å². The van der Waals surface area contributed by atoms with Crippen LogP contribution in [0, 0.1) is 5.82 Å². The number of aryl methyl sites for hydroxylation is 1. The van der Waals surface area contributed by atoms with E-state index in [-0.39, 0.29) is 17.9 Å². The first-order valence-corrected chi connectivity index (χ1v) is 8.36. The molecule has 8 heteroatoms. The van der Waals surface area contributed by atoms with Crippen molar-refractivity contribution in [3.05, 3.63) is 65.0 Å². The molecular formula is C19H18FN3O4. The quantitative estimate of drug-likeness (QED) is 0.619. The van der Waals surface area contributed by atoms with E-state index in [1.807, 2.05) is 0 Å². The molecule has 3 rings (SSSR count). The fourth-order valence-corrected chi connectivity index (χ4v) is 2.57. The van der Waals surface area contributed by atoms with E-state index in [2.05, 4.69) is 10.3 Å². The van der Waals surface area contributed by atoms with Crippen LogP contribution in [0.25, 0.3) is 10.9 Å². The number of fused-ring (bicyclic) bond motifs is 1. The summed E-state index contributed by atoms with van der Waals surface area (Å²) in [5.74, 6) is -0.789. The number of nitrogens with one attached hydrogen (secondary N) is 1. The van der Waals surface area contributed by atoms with E-state index >= 15 is 0 Å². The van der Waals surface area contributed by atoms with Gasteiger partial charge in [0, 0.05) is 12.2 Å². The lowest BCUT2D eigenvalue weighted by atomic mass is 10.2. The molecule has 2 aromatic carbocycles. The van der Waals surface area contributed by atoms with Gasteiger partial charge in [-0.15, -0.1) is 0 Å². The van der Waals surface area contributed by atoms with Crippen LogP contribution >= 0.6 is 0 Å². The number of aliphatic hydroxyl groups excluding tert-OH is 1. The Balaban J connectivity index is 1.66. The molecule has 2 N–H and O–H groups in total. The summed E-state index contributed by atoms with van der Waals surface area (Å²) in [5.41, 5.74) is 0.671. The maximum absolute atomic E-state index is 13.5. The first-order chi connectivity index (χ1) is 13.1. The minimum Gasteiger partial charge on any atom is -0.490 e. The molecule has 0 saturated carbocycles. The van der Waals surface area contributed by atoms with Crippen molar-refractivity contribution in [2.75, 3.05) is 18.5 Å². The zero-order valence-electron chi connectivity index (χ0n) is 14.4. The van der Waals surface area contributed by atoms with Gasteiger partial charge in [-0.1, -0.05) is 12.1 Å². The third kappa shape index (κ3) is 4.48. The summed E-state index contributed by atoms with van der Waals surface area (Å²) in [4.78, 5) is 28.0. The Labute approximate surface area is 154 Å². The monoisotopic (exact) mass is 371 g/mol. The van der Waals surface area contributed by atoms with Gasteiger partial charge in [0.15, 0.2) is 11.6 Å². The van der Waals surface area contributed by atoms with Gasteiger partial charge in [-0.3, -0.25) is 14.2 Å². The Kier molecular flexibility index (Phi) is 5.77. The molecule has 0 saturated heterocycles. The Morgan fingerprint density at radius 2 is 2.07 bits per heavy atom. The van der Waals surface area contributed by atoms with Crippen LogP contribution in [0.5, 0.6) is 5.75 Å². The molecule has 0 aliphatic heterocycles. The molecule has 0 aliphatic carbocycles. The molecule has 0 aliphatic rings. The van der Waals surface area contributed by atoms with Gasteiger partial charge in [-0.2, -0.15) is 0 Å². The van der Waals surface area contributed by atoms with Gasteiger partial charge in [0.2, 0.25) is 5.91 Å². The highest BCUT2D eigenvalue weighted by Crippen LogP contribution is 2.16. The van der Waals surface area contributed by atoms with Crippen molar-refractivity contribution < 1.29 is 19.0 Å². The number of anilines is 1. The number of amides is 1. The zero-order chi connectivity index (χ0) is 19.2. The minimum atomic E-state index is -0.623. The van der Waals surface area contributed by atoms with Crippen molar-refractivity contribution in [1.29, 1.82) is 0 Å². The SMILES string of the molecule is O=C(CO)Nc1ccc2c(=O)n(CCCOc3ccccc3F)cnc2c1. The van der Waals surface area contributed by atoms with Crippen molar-refractivity contribution in [3.63, 3.8) is 0 Å². The van der Waals surface area contributed by atoms with Crippen LogP contribution in [0.3, 0.4) is 0 Å². The van der Waals surface area contributed by atoms with Gasteiger partial charge in [0.05, 0.1) is 23.8 Å². The van der Waals surface area contributed by atoms with E-state index in [0.29, 0.717) is 29.6 Å². The van der Waals surface area contributed by atoms with Crippen molar-refractivity contribution in [1.82, 2.24) is 9.55 Å². The molecule has 27 heavy (non-hydrogen) atoms. The van der Waals surface area contributed by atoms with Gasteiger partial charge < -0.3 is 15.2 Å². The molecule has 0 atom stereocenters. The number of carbonyl (C=O) groups is 1. The Morgan fingerprint density at radius 3 is 2.85 bits per heavy atom. The molecule has 0 radical (unpaired) electrons. The fraction of sp³-hybridized carbons (Fsp3) is 0.211. The van der Waals surface area contributed by atoms with Crippen LogP contribution in [0.1, 0.15) is 6.42 Å². The number of nitrogens with zero attached hydrogens (tertiary/aromatic N) is 2. The molecule has 3 aromatic rings. The third-order valence-corrected chi connectivity index (χ3v) is 3.89. The summed E-state index contributed by atoms with van der Waals surface area (Å²) < 4.78 is 20.3. The predicted octanol–water partition coefficient (Wildman–Crippen LogP) is 1.94. The summed E-state index contributed by atoms with van der Waals surface area (Å²) in [5, 5.41) is 11.7. The lowest BCUT2D eigenvalue weighted by Crippen LogP contribution is -2.22. The highest BCUT2D eigenvalue weighted by molar-refractivity contribution is 5.93. The number of para-hydroxylation sites is 1. The van der Waals surface area contributed by atoms with Gasteiger partial charge >= 0.3 is 0 Å². The predicted molar refractivity (Wildman–Crippen MR) is 98.2 cm³/mol. The standard InChI is InChI=1S/C19H18FN3O4/c20-15-4-1-2-5-17(15)27-9-3-8-23-12-21-16-10-13(22-18(25)11-24)6-7-14(16)19(23)26/h1-2,4-7,10,12,24H,3,8-9,11H2,(H,22,25). The van der Waals surface area contributed by atoms with Crippen molar-refractivity contribution >= 4 is 22.5 Å². The number of hydrogen-bond acceptors (Lipinski definition) is 5. The van der Waals surface area contributed by atoms with E-state index in [4.69, 9.17) is 9.84 Å². The minimum absolute atomic E-state index is 0.180. The van der Waals surface area contributed by atoms with Crippen LogP contribution < -0.4 is 15.6 Å². The summed E-state index contributed by atoms with van der Waals surface area (Å²) in [6, 6.07) is 10.9. The molecule has 0 fully saturated rings. The van der Waals surface area contributed by atoms with Crippen LogP contribution in [-0.2, 0) is 11.3 Å². The van der Waals surface area contributed by atoms with Gasteiger partial charge in [-0.05, 0) is 36.8 Å². The fourth-order valence-electron chi connectivity index (χ4n) is 2.57. The maximum Gasteiger partial charge on any atom is 0.261 e. The van der Waals surface area contributed by atoms with Crippen molar-refractivity contribution in [2.24, 2.45) is 0 Å². The van der Waals surface area contributed by atoms with Crippen LogP contribution in [0.15, 0.2) is 53.6 Å². The highest BCUT2D eigenvalue weighted by Gasteiger charge is 2.07. The second-order valence-corrected chi connectivity index (χ2v) is 5.81. The van der Waals surface area contributed by atoms with Crippen molar-refractivity contribution in [3.8, 4) is 5.75 Å². The summed E-state index contributed by atoms with van der Waals surface area (Å²) in [6.07, 6.45) is 1.93. The van der Waals surface area contributed by atoms with Gasteiger partial charge in [0.25, 0.3) is 5.56 Å². The first-order valence-electron chi connectivity index (χ1n) is 8.36. The molecule has 1 amide bonds. The Bertz CT molecular complexity index is 1020. The number of aromatic nitrogens is 2. The molecule has 1 heterocycles. The molecular weight excluding hydrogens is 353 g/mol. The van der Waals surface area contributed by atoms with E-state index in [0.717, 1.165) is 0 Å². The lowest BCUT2D eigenvalue weighted by Gasteiger charge is -2.09. The second-order valence-electron chi connectivity index (χ2n) is 5.81. The average Bonchev–Trinajstić information content (AvgIpc) is 2.68.